The van der Waals surface area contributed by atoms with Gasteiger partial charge in [0.1, 0.15) is 13.2 Å². The Labute approximate surface area is 157 Å². The highest BCUT2D eigenvalue weighted by molar-refractivity contribution is 7.98. The first-order chi connectivity index (χ1) is 12.9. The van der Waals surface area contributed by atoms with Gasteiger partial charge in [-0.3, -0.25) is 0 Å². The zero-order valence-corrected chi connectivity index (χ0v) is 15.3. The largest absolute Gasteiger partial charge is 0.486 e. The molecule has 1 aliphatic heterocycles. The lowest BCUT2D eigenvalue weighted by Crippen LogP contribution is -2.15. The molecule has 0 bridgehead atoms. The van der Waals surface area contributed by atoms with Crippen LogP contribution in [0.15, 0.2) is 53.1 Å². The number of fused-ring (bicyclic) bond motifs is 2. The van der Waals surface area contributed by atoms with Crippen LogP contribution >= 0.6 is 23.1 Å². The Morgan fingerprint density at radius 2 is 2.04 bits per heavy atom. The topological polar surface area (TPSA) is 61.5 Å². The fourth-order valence-corrected chi connectivity index (χ4v) is 4.27. The summed E-state index contributed by atoms with van der Waals surface area (Å²) in [6, 6.07) is 12.1. The molecule has 26 heavy (non-hydrogen) atoms. The van der Waals surface area contributed by atoms with Crippen LogP contribution in [0.5, 0.6) is 11.5 Å². The van der Waals surface area contributed by atoms with Crippen molar-refractivity contribution in [3.63, 3.8) is 0 Å². The molecule has 130 valence electrons. The summed E-state index contributed by atoms with van der Waals surface area (Å²) in [7, 11) is 0. The number of thioether (sulfide) groups is 1. The summed E-state index contributed by atoms with van der Waals surface area (Å²) < 4.78 is 13.0. The van der Waals surface area contributed by atoms with E-state index in [0.717, 1.165) is 33.4 Å². The van der Waals surface area contributed by atoms with E-state index in [0.29, 0.717) is 24.1 Å². The van der Waals surface area contributed by atoms with Gasteiger partial charge in [0, 0.05) is 11.9 Å². The molecular formula is C18H14N4O2S2. The predicted molar refractivity (Wildman–Crippen MR) is 101 cm³/mol. The first-order valence-electron chi connectivity index (χ1n) is 8.14. The van der Waals surface area contributed by atoms with E-state index in [1.54, 1.807) is 33.8 Å². The van der Waals surface area contributed by atoms with E-state index < -0.39 is 0 Å². The quantitative estimate of drug-likeness (QED) is 0.499. The van der Waals surface area contributed by atoms with Crippen molar-refractivity contribution in [1.82, 2.24) is 19.6 Å². The summed E-state index contributed by atoms with van der Waals surface area (Å²) >= 11 is 3.25. The third kappa shape index (κ3) is 2.91. The van der Waals surface area contributed by atoms with Crippen molar-refractivity contribution in [2.45, 2.75) is 10.9 Å². The molecule has 5 rings (SSSR count). The predicted octanol–water partition coefficient (Wildman–Crippen LogP) is 3.92. The van der Waals surface area contributed by atoms with Gasteiger partial charge in [-0.2, -0.15) is 9.50 Å². The Kier molecular flexibility index (Phi) is 3.99. The third-order valence-electron chi connectivity index (χ3n) is 3.97. The number of nitrogens with zero attached hydrogens (tertiary/aromatic N) is 4. The Hall–Kier alpha value is -2.58. The summed E-state index contributed by atoms with van der Waals surface area (Å²) in [5, 5.41) is 7.38. The molecule has 0 radical (unpaired) electrons. The Morgan fingerprint density at radius 1 is 1.12 bits per heavy atom. The molecule has 0 aliphatic carbocycles. The Bertz CT molecular complexity index is 1060. The lowest BCUT2D eigenvalue weighted by atomic mass is 10.2. The van der Waals surface area contributed by atoms with Crippen LogP contribution in [-0.4, -0.2) is 32.8 Å². The molecule has 0 amide bonds. The van der Waals surface area contributed by atoms with Gasteiger partial charge in [-0.05, 0) is 35.2 Å². The normalized spacial score (nSPS) is 13.2. The van der Waals surface area contributed by atoms with Crippen LogP contribution in [0.4, 0.5) is 0 Å². The molecule has 4 aromatic rings. The number of aromatic nitrogens is 4. The van der Waals surface area contributed by atoms with Gasteiger partial charge in [0.25, 0.3) is 5.78 Å². The van der Waals surface area contributed by atoms with Gasteiger partial charge in [0.05, 0.1) is 10.6 Å². The average Bonchev–Trinajstić information content (AvgIpc) is 3.35. The van der Waals surface area contributed by atoms with Crippen molar-refractivity contribution in [2.24, 2.45) is 0 Å². The van der Waals surface area contributed by atoms with Crippen molar-refractivity contribution in [3.8, 4) is 22.1 Å². The van der Waals surface area contributed by atoms with E-state index in [4.69, 9.17) is 9.47 Å². The minimum absolute atomic E-state index is 0.592. The van der Waals surface area contributed by atoms with Gasteiger partial charge < -0.3 is 9.47 Å². The minimum Gasteiger partial charge on any atom is -0.486 e. The van der Waals surface area contributed by atoms with E-state index in [9.17, 15) is 0 Å². The molecule has 3 aromatic heterocycles. The van der Waals surface area contributed by atoms with Crippen molar-refractivity contribution >= 4 is 28.9 Å². The second-order valence-electron chi connectivity index (χ2n) is 5.68. The highest BCUT2D eigenvalue weighted by Gasteiger charge is 2.14. The number of rotatable bonds is 4. The minimum atomic E-state index is 0.592. The fourth-order valence-electron chi connectivity index (χ4n) is 2.77. The zero-order valence-electron chi connectivity index (χ0n) is 13.7. The second kappa shape index (κ2) is 6.62. The molecule has 0 spiro atoms. The Balaban J connectivity index is 1.39. The highest BCUT2D eigenvalue weighted by atomic mass is 32.2. The molecule has 0 atom stereocenters. The maximum absolute atomic E-state index is 5.64. The smallest absolute Gasteiger partial charge is 0.253 e. The summed E-state index contributed by atoms with van der Waals surface area (Å²) in [5.41, 5.74) is 2.15. The molecule has 0 saturated heterocycles. The van der Waals surface area contributed by atoms with Crippen LogP contribution in [0, 0.1) is 0 Å². The molecule has 0 N–H and O–H groups in total. The van der Waals surface area contributed by atoms with E-state index in [1.807, 2.05) is 30.3 Å². The number of ether oxygens (including phenoxy) is 2. The molecule has 6 nitrogen and oxygen atoms in total. The zero-order chi connectivity index (χ0) is 17.3. The molecule has 1 aromatic carbocycles. The van der Waals surface area contributed by atoms with Gasteiger partial charge >= 0.3 is 0 Å². The van der Waals surface area contributed by atoms with Gasteiger partial charge in [0.2, 0.25) is 5.16 Å². The number of hydrogen-bond donors (Lipinski definition) is 0. The standard InChI is InChI=1S/C18H14N4O2S2/c1-2-16(25-9-1)13-5-6-19-17-20-18(21-22(13)17)26-11-12-3-4-14-15(10-12)24-8-7-23-14/h1-6,9-10H,7-8,11H2. The molecular weight excluding hydrogens is 368 g/mol. The van der Waals surface area contributed by atoms with Crippen LogP contribution in [0.25, 0.3) is 16.3 Å². The van der Waals surface area contributed by atoms with E-state index in [1.165, 1.54) is 0 Å². The summed E-state index contributed by atoms with van der Waals surface area (Å²) in [4.78, 5) is 10.0. The summed E-state index contributed by atoms with van der Waals surface area (Å²) in [6.07, 6.45) is 1.77. The van der Waals surface area contributed by atoms with Crippen molar-refractivity contribution in [2.75, 3.05) is 13.2 Å². The maximum Gasteiger partial charge on any atom is 0.253 e. The maximum atomic E-state index is 5.64. The van der Waals surface area contributed by atoms with Crippen LogP contribution in [-0.2, 0) is 5.75 Å². The molecule has 0 unspecified atom stereocenters. The van der Waals surface area contributed by atoms with E-state index in [2.05, 4.69) is 26.5 Å². The monoisotopic (exact) mass is 382 g/mol. The SMILES string of the molecule is c1csc(-c2ccnc3nc(SCc4ccc5c(c4)OCCO5)nn23)c1. The summed E-state index contributed by atoms with van der Waals surface area (Å²) in [5.74, 6) is 2.97. The summed E-state index contributed by atoms with van der Waals surface area (Å²) in [6.45, 7) is 1.20. The lowest BCUT2D eigenvalue weighted by molar-refractivity contribution is 0.171. The first-order valence-corrected chi connectivity index (χ1v) is 10.0. The molecule has 4 heterocycles. The number of benzene rings is 1. The number of thiophene rings is 1. The van der Waals surface area contributed by atoms with Gasteiger partial charge in [-0.1, -0.05) is 23.9 Å². The van der Waals surface area contributed by atoms with E-state index in [-0.39, 0.29) is 0 Å². The molecule has 0 saturated carbocycles. The third-order valence-corrected chi connectivity index (χ3v) is 5.77. The lowest BCUT2D eigenvalue weighted by Gasteiger charge is -2.18. The first kappa shape index (κ1) is 15.7. The van der Waals surface area contributed by atoms with Crippen molar-refractivity contribution < 1.29 is 9.47 Å². The van der Waals surface area contributed by atoms with E-state index >= 15 is 0 Å². The van der Waals surface area contributed by atoms with Gasteiger partial charge in [-0.15, -0.1) is 16.4 Å². The molecule has 0 fully saturated rings. The highest BCUT2D eigenvalue weighted by Crippen LogP contribution is 2.33. The van der Waals surface area contributed by atoms with Gasteiger partial charge in [-0.25, -0.2) is 4.98 Å². The number of hydrogen-bond acceptors (Lipinski definition) is 7. The van der Waals surface area contributed by atoms with Crippen LogP contribution in [0.1, 0.15) is 5.56 Å². The van der Waals surface area contributed by atoms with Crippen LogP contribution in [0.2, 0.25) is 0 Å². The fraction of sp³-hybridized carbons (Fsp3) is 0.167. The van der Waals surface area contributed by atoms with Crippen LogP contribution in [0.3, 0.4) is 0 Å². The van der Waals surface area contributed by atoms with Crippen LogP contribution < -0.4 is 9.47 Å². The Morgan fingerprint density at radius 3 is 2.92 bits per heavy atom. The van der Waals surface area contributed by atoms with Crippen molar-refractivity contribution in [3.05, 3.63) is 53.5 Å². The second-order valence-corrected chi connectivity index (χ2v) is 7.57. The molecule has 8 heteroatoms. The molecule has 1 aliphatic rings. The van der Waals surface area contributed by atoms with Gasteiger partial charge in [0.15, 0.2) is 11.5 Å². The average molecular weight is 382 g/mol. The van der Waals surface area contributed by atoms with Crippen molar-refractivity contribution in [1.29, 1.82) is 0 Å².